The molecule has 1 saturated carbocycles. The number of methoxy groups -OCH3 is 1. The molecule has 1 aliphatic carbocycles. The fourth-order valence-electron chi connectivity index (χ4n) is 3.62. The molecule has 1 aromatic carbocycles. The molecule has 21 heavy (non-hydrogen) atoms. The Morgan fingerprint density at radius 3 is 2.81 bits per heavy atom. The summed E-state index contributed by atoms with van der Waals surface area (Å²) in [5.41, 5.74) is 1.22. The molecular weight excluding hydrogens is 282 g/mol. The van der Waals surface area contributed by atoms with Crippen molar-refractivity contribution >= 4 is 11.6 Å². The van der Waals surface area contributed by atoms with Crippen LogP contribution in [-0.2, 0) is 6.42 Å². The molecule has 0 bridgehead atoms. The Labute approximate surface area is 134 Å². The Kier molecular flexibility index (Phi) is 6.38. The molecule has 0 heterocycles. The second kappa shape index (κ2) is 8.05. The third-order valence-corrected chi connectivity index (χ3v) is 5.02. The molecular formula is C18H28ClNO. The first kappa shape index (κ1) is 16.6. The van der Waals surface area contributed by atoms with Gasteiger partial charge in [0.05, 0.1) is 7.11 Å². The monoisotopic (exact) mass is 309 g/mol. The zero-order valence-corrected chi connectivity index (χ0v) is 14.2. The summed E-state index contributed by atoms with van der Waals surface area (Å²) in [7, 11) is 1.74. The van der Waals surface area contributed by atoms with Crippen LogP contribution in [0.3, 0.4) is 0 Å². The molecule has 2 rings (SSSR count). The van der Waals surface area contributed by atoms with E-state index < -0.39 is 0 Å². The van der Waals surface area contributed by atoms with Crippen molar-refractivity contribution in [2.45, 2.75) is 52.0 Å². The molecule has 0 spiro atoms. The third kappa shape index (κ3) is 4.37. The van der Waals surface area contributed by atoms with Gasteiger partial charge in [-0.25, -0.2) is 0 Å². The molecule has 1 fully saturated rings. The highest BCUT2D eigenvalue weighted by Gasteiger charge is 2.31. The maximum absolute atomic E-state index is 6.17. The molecule has 2 nitrogen and oxygen atoms in total. The van der Waals surface area contributed by atoms with Crippen LogP contribution < -0.4 is 10.1 Å². The number of hydrogen-bond acceptors (Lipinski definition) is 2. The predicted molar refractivity (Wildman–Crippen MR) is 90.3 cm³/mol. The second-order valence-corrected chi connectivity index (χ2v) is 6.73. The highest BCUT2D eigenvalue weighted by molar-refractivity contribution is 6.30. The molecule has 3 unspecified atom stereocenters. The number of benzene rings is 1. The van der Waals surface area contributed by atoms with Gasteiger partial charge in [0.2, 0.25) is 0 Å². The maximum atomic E-state index is 6.17. The van der Waals surface area contributed by atoms with Crippen molar-refractivity contribution in [3.05, 3.63) is 28.8 Å². The lowest BCUT2D eigenvalue weighted by molar-refractivity contribution is 0.292. The van der Waals surface area contributed by atoms with Gasteiger partial charge in [0, 0.05) is 11.1 Å². The summed E-state index contributed by atoms with van der Waals surface area (Å²) in [6.45, 7) is 5.70. The van der Waals surface area contributed by atoms with Crippen molar-refractivity contribution in [1.82, 2.24) is 5.32 Å². The average Bonchev–Trinajstić information content (AvgIpc) is 2.90. The molecule has 0 aliphatic heterocycles. The van der Waals surface area contributed by atoms with Crippen LogP contribution in [0.2, 0.25) is 5.02 Å². The quantitative estimate of drug-likeness (QED) is 0.788. The zero-order chi connectivity index (χ0) is 15.2. The maximum Gasteiger partial charge on any atom is 0.122 e. The molecule has 118 valence electrons. The Balaban J connectivity index is 2.15. The number of hydrogen-bond donors (Lipinski definition) is 1. The molecule has 1 aliphatic rings. The first-order chi connectivity index (χ1) is 10.2. The summed E-state index contributed by atoms with van der Waals surface area (Å²) in [6.07, 6.45) is 6.24. The molecule has 0 aromatic heterocycles. The predicted octanol–water partition coefficient (Wildman–Crippen LogP) is 4.70. The van der Waals surface area contributed by atoms with E-state index in [0.717, 1.165) is 35.6 Å². The Hall–Kier alpha value is -0.730. The van der Waals surface area contributed by atoms with Crippen LogP contribution in [0, 0.1) is 11.8 Å². The van der Waals surface area contributed by atoms with E-state index in [1.54, 1.807) is 7.11 Å². The second-order valence-electron chi connectivity index (χ2n) is 6.29. The molecule has 1 N–H and O–H groups in total. The van der Waals surface area contributed by atoms with Crippen molar-refractivity contribution < 1.29 is 4.74 Å². The van der Waals surface area contributed by atoms with E-state index in [-0.39, 0.29) is 0 Å². The van der Waals surface area contributed by atoms with Crippen molar-refractivity contribution in [2.75, 3.05) is 13.7 Å². The lowest BCUT2D eigenvalue weighted by Gasteiger charge is -2.29. The van der Waals surface area contributed by atoms with E-state index in [9.17, 15) is 0 Å². The molecule has 0 amide bonds. The van der Waals surface area contributed by atoms with Crippen molar-refractivity contribution in [1.29, 1.82) is 0 Å². The molecule has 1 aromatic rings. The minimum absolute atomic E-state index is 0.523. The van der Waals surface area contributed by atoms with Gasteiger partial charge in [-0.1, -0.05) is 38.3 Å². The SMILES string of the molecule is CCCNC(Cc1cc(Cl)ccc1OC)C1CCCC1C. The highest BCUT2D eigenvalue weighted by atomic mass is 35.5. The normalized spacial score (nSPS) is 23.2. The van der Waals surface area contributed by atoms with Gasteiger partial charge in [-0.2, -0.15) is 0 Å². The Bertz CT molecular complexity index is 449. The largest absolute Gasteiger partial charge is 0.496 e. The van der Waals surface area contributed by atoms with Crippen molar-refractivity contribution in [2.24, 2.45) is 11.8 Å². The van der Waals surface area contributed by atoms with E-state index in [1.165, 1.54) is 31.2 Å². The minimum Gasteiger partial charge on any atom is -0.496 e. The number of rotatable bonds is 7. The van der Waals surface area contributed by atoms with E-state index in [1.807, 2.05) is 12.1 Å². The lowest BCUT2D eigenvalue weighted by atomic mass is 9.86. The fraction of sp³-hybridized carbons (Fsp3) is 0.667. The zero-order valence-electron chi connectivity index (χ0n) is 13.5. The first-order valence-corrected chi connectivity index (χ1v) is 8.59. The van der Waals surface area contributed by atoms with Crippen molar-refractivity contribution in [3.63, 3.8) is 0 Å². The highest BCUT2D eigenvalue weighted by Crippen LogP contribution is 2.36. The van der Waals surface area contributed by atoms with E-state index in [0.29, 0.717) is 6.04 Å². The van der Waals surface area contributed by atoms with Crippen LogP contribution in [-0.4, -0.2) is 19.7 Å². The number of nitrogens with one attached hydrogen (secondary N) is 1. The molecule has 0 radical (unpaired) electrons. The average molecular weight is 310 g/mol. The van der Waals surface area contributed by atoms with Crippen LogP contribution in [0.1, 0.15) is 45.1 Å². The summed E-state index contributed by atoms with van der Waals surface area (Å²) >= 11 is 6.17. The lowest BCUT2D eigenvalue weighted by Crippen LogP contribution is -2.39. The standard InChI is InChI=1S/C18H28ClNO/c1-4-10-20-17(16-7-5-6-13(16)2)12-14-11-15(19)8-9-18(14)21-3/h8-9,11,13,16-17,20H,4-7,10,12H2,1-3H3. The topological polar surface area (TPSA) is 21.3 Å². The summed E-state index contributed by atoms with van der Waals surface area (Å²) in [4.78, 5) is 0. The van der Waals surface area contributed by atoms with Crippen molar-refractivity contribution in [3.8, 4) is 5.75 Å². The molecule has 3 atom stereocenters. The number of halogens is 1. The van der Waals surface area contributed by atoms with E-state index in [4.69, 9.17) is 16.3 Å². The van der Waals surface area contributed by atoms with Gasteiger partial charge in [0.25, 0.3) is 0 Å². The van der Waals surface area contributed by atoms with E-state index >= 15 is 0 Å². The first-order valence-electron chi connectivity index (χ1n) is 8.21. The van der Waals surface area contributed by atoms with Gasteiger partial charge in [0.15, 0.2) is 0 Å². The van der Waals surface area contributed by atoms with Gasteiger partial charge in [0.1, 0.15) is 5.75 Å². The molecule has 0 saturated heterocycles. The summed E-state index contributed by atoms with van der Waals surface area (Å²) in [5, 5.41) is 4.55. The van der Waals surface area contributed by atoms with Gasteiger partial charge in [-0.3, -0.25) is 0 Å². The van der Waals surface area contributed by atoms with E-state index in [2.05, 4.69) is 25.2 Å². The van der Waals surface area contributed by atoms with Crippen LogP contribution in [0.4, 0.5) is 0 Å². The fourth-order valence-corrected chi connectivity index (χ4v) is 3.81. The summed E-state index contributed by atoms with van der Waals surface area (Å²) < 4.78 is 5.51. The summed E-state index contributed by atoms with van der Waals surface area (Å²) in [5.74, 6) is 2.53. The van der Waals surface area contributed by atoms with Gasteiger partial charge >= 0.3 is 0 Å². The van der Waals surface area contributed by atoms with Gasteiger partial charge in [-0.05, 0) is 61.4 Å². The minimum atomic E-state index is 0.523. The third-order valence-electron chi connectivity index (χ3n) is 4.78. The Morgan fingerprint density at radius 2 is 2.19 bits per heavy atom. The Morgan fingerprint density at radius 1 is 1.38 bits per heavy atom. The summed E-state index contributed by atoms with van der Waals surface area (Å²) in [6, 6.07) is 6.46. The van der Waals surface area contributed by atoms with Crippen LogP contribution in [0.25, 0.3) is 0 Å². The smallest absolute Gasteiger partial charge is 0.122 e. The molecule has 3 heteroatoms. The van der Waals surface area contributed by atoms with Crippen LogP contribution >= 0.6 is 11.6 Å². The number of ether oxygens (including phenoxy) is 1. The van der Waals surface area contributed by atoms with Crippen LogP contribution in [0.15, 0.2) is 18.2 Å². The van der Waals surface area contributed by atoms with Crippen LogP contribution in [0.5, 0.6) is 5.75 Å². The van der Waals surface area contributed by atoms with Gasteiger partial charge < -0.3 is 10.1 Å². The van der Waals surface area contributed by atoms with Gasteiger partial charge in [-0.15, -0.1) is 0 Å².